The zero-order valence-electron chi connectivity index (χ0n) is 30.5. The molecule has 0 spiro atoms. The Hall–Kier alpha value is -2.17. The van der Waals surface area contributed by atoms with Gasteiger partial charge < -0.3 is 0 Å². The standard InChI is InChI=1S/C43H66N2.Ni/c1-7-13-19-24-36-30-37(25-20-14-8-2)33-40(32-36)44-42(28-18-12-6)43(29-23-17-11-5)45-41-34-38(26-21-15-9-3)31-39(35-41)27-22-16-10-4;/h30-35H,7-22,24-28H2,1-6H3;/b44-42+,45-43+;. The summed E-state index contributed by atoms with van der Waals surface area (Å²) in [5, 5.41) is 0. The number of hydrogen-bond acceptors (Lipinski definition) is 2. The van der Waals surface area contributed by atoms with E-state index in [2.05, 4.69) is 89.8 Å². The minimum Gasteiger partial charge on any atom is -0.250 e. The average molecular weight is 670 g/mol. The molecular weight excluding hydrogens is 603 g/mol. The van der Waals surface area contributed by atoms with Gasteiger partial charge in [0.2, 0.25) is 0 Å². The van der Waals surface area contributed by atoms with Gasteiger partial charge in [0.05, 0.1) is 17.1 Å². The van der Waals surface area contributed by atoms with E-state index in [1.165, 1.54) is 99.3 Å². The van der Waals surface area contributed by atoms with Crippen LogP contribution in [0.2, 0.25) is 0 Å². The van der Waals surface area contributed by atoms with Crippen molar-refractivity contribution < 1.29 is 16.5 Å². The number of benzene rings is 2. The molecule has 258 valence electrons. The molecule has 0 N–H and O–H groups in total. The number of nitrogens with zero attached hydrogens (tertiary/aromatic N) is 2. The maximum atomic E-state index is 5.40. The van der Waals surface area contributed by atoms with Gasteiger partial charge in [-0.2, -0.15) is 0 Å². The number of rotatable bonds is 23. The Morgan fingerprint density at radius 3 is 1.24 bits per heavy atom. The molecule has 2 aromatic carbocycles. The van der Waals surface area contributed by atoms with Crippen molar-refractivity contribution in [1.82, 2.24) is 0 Å². The summed E-state index contributed by atoms with van der Waals surface area (Å²) in [6, 6.07) is 14.2. The number of aryl methyl sites for hydroxylation is 4. The molecule has 0 saturated heterocycles. The van der Waals surface area contributed by atoms with Crippen molar-refractivity contribution in [2.75, 3.05) is 0 Å². The molecule has 0 bridgehead atoms. The van der Waals surface area contributed by atoms with Crippen molar-refractivity contribution >= 4 is 22.8 Å². The third-order valence-electron chi connectivity index (χ3n) is 8.48. The van der Waals surface area contributed by atoms with E-state index in [1.54, 1.807) is 0 Å². The van der Waals surface area contributed by atoms with Crippen molar-refractivity contribution in [3.8, 4) is 11.8 Å². The van der Waals surface area contributed by atoms with Crippen molar-refractivity contribution in [3.63, 3.8) is 0 Å². The zero-order valence-corrected chi connectivity index (χ0v) is 31.5. The van der Waals surface area contributed by atoms with Crippen molar-refractivity contribution in [2.45, 2.75) is 176 Å². The molecule has 0 aliphatic rings. The second-order valence-electron chi connectivity index (χ2n) is 13.0. The smallest absolute Gasteiger partial charge is 0.135 e. The molecule has 0 atom stereocenters. The zero-order chi connectivity index (χ0) is 32.5. The molecule has 0 unspecified atom stereocenters. The molecule has 0 amide bonds. The van der Waals surface area contributed by atoms with Crippen LogP contribution in [0, 0.1) is 11.8 Å². The molecule has 2 aromatic rings. The Balaban J connectivity index is 0.0000106. The van der Waals surface area contributed by atoms with Crippen LogP contribution in [0.25, 0.3) is 0 Å². The molecule has 0 heterocycles. The first-order valence-corrected chi connectivity index (χ1v) is 19.0. The van der Waals surface area contributed by atoms with Gasteiger partial charge in [-0.05, 0) is 123 Å². The minimum atomic E-state index is 0. The predicted molar refractivity (Wildman–Crippen MR) is 202 cm³/mol. The molecular formula is C43H66N2Ni. The molecule has 3 heteroatoms. The second kappa shape index (κ2) is 26.9. The van der Waals surface area contributed by atoms with Crippen LogP contribution < -0.4 is 0 Å². The fourth-order valence-electron chi connectivity index (χ4n) is 5.80. The predicted octanol–water partition coefficient (Wildman–Crippen LogP) is 13.5. The normalized spacial score (nSPS) is 11.7. The van der Waals surface area contributed by atoms with Gasteiger partial charge in [-0.25, -0.2) is 4.99 Å². The van der Waals surface area contributed by atoms with Gasteiger partial charge in [0.1, 0.15) is 5.71 Å². The maximum absolute atomic E-state index is 5.40. The van der Waals surface area contributed by atoms with Crippen LogP contribution in [0.5, 0.6) is 0 Å². The first-order chi connectivity index (χ1) is 22.1. The van der Waals surface area contributed by atoms with Crippen LogP contribution in [-0.2, 0) is 42.2 Å². The maximum Gasteiger partial charge on any atom is 0.135 e. The van der Waals surface area contributed by atoms with Gasteiger partial charge in [0.15, 0.2) is 0 Å². The van der Waals surface area contributed by atoms with E-state index < -0.39 is 0 Å². The number of aliphatic imine (C=N–C) groups is 2. The van der Waals surface area contributed by atoms with Gasteiger partial charge in [-0.15, -0.1) is 0 Å². The van der Waals surface area contributed by atoms with Crippen molar-refractivity contribution in [1.29, 1.82) is 0 Å². The third kappa shape index (κ3) is 17.7. The van der Waals surface area contributed by atoms with Crippen molar-refractivity contribution in [2.24, 2.45) is 9.98 Å². The largest absolute Gasteiger partial charge is 0.250 e. The van der Waals surface area contributed by atoms with E-state index in [4.69, 9.17) is 9.98 Å². The summed E-state index contributed by atoms with van der Waals surface area (Å²) in [6.45, 7) is 13.6. The van der Waals surface area contributed by atoms with Crippen LogP contribution in [0.1, 0.15) is 173 Å². The fourth-order valence-corrected chi connectivity index (χ4v) is 5.80. The Morgan fingerprint density at radius 1 is 0.478 bits per heavy atom. The van der Waals surface area contributed by atoms with E-state index in [-0.39, 0.29) is 16.5 Å². The molecule has 0 saturated carbocycles. The fraction of sp³-hybridized carbons (Fsp3) is 0.628. The third-order valence-corrected chi connectivity index (χ3v) is 8.48. The molecule has 0 aliphatic heterocycles. The first-order valence-electron chi connectivity index (χ1n) is 19.0. The van der Waals surface area contributed by atoms with Crippen LogP contribution in [0.15, 0.2) is 46.4 Å². The summed E-state index contributed by atoms with van der Waals surface area (Å²) in [4.78, 5) is 10.7. The van der Waals surface area contributed by atoms with E-state index >= 15 is 0 Å². The summed E-state index contributed by atoms with van der Waals surface area (Å²) < 4.78 is 0. The minimum absolute atomic E-state index is 0. The van der Waals surface area contributed by atoms with Crippen molar-refractivity contribution in [3.05, 3.63) is 58.7 Å². The molecule has 0 aromatic heterocycles. The van der Waals surface area contributed by atoms with Gasteiger partial charge in [0.25, 0.3) is 0 Å². The monoisotopic (exact) mass is 668 g/mol. The number of hydrogen-bond donors (Lipinski definition) is 0. The van der Waals surface area contributed by atoms with Gasteiger partial charge in [-0.1, -0.05) is 117 Å². The molecule has 46 heavy (non-hydrogen) atoms. The quantitative estimate of drug-likeness (QED) is 0.0487. The Kier molecular flexibility index (Phi) is 24.4. The average Bonchev–Trinajstić information content (AvgIpc) is 3.03. The summed E-state index contributed by atoms with van der Waals surface area (Å²) in [6.07, 6.45) is 24.6. The molecule has 2 rings (SSSR count). The molecule has 0 aliphatic carbocycles. The van der Waals surface area contributed by atoms with Crippen LogP contribution >= 0.6 is 0 Å². The van der Waals surface area contributed by atoms with Crippen LogP contribution in [-0.4, -0.2) is 11.4 Å². The van der Waals surface area contributed by atoms with E-state index in [1.807, 2.05) is 0 Å². The Morgan fingerprint density at radius 2 is 0.870 bits per heavy atom. The molecule has 0 fully saturated rings. The molecule has 2 nitrogen and oxygen atoms in total. The summed E-state index contributed by atoms with van der Waals surface area (Å²) in [5.41, 5.74) is 9.74. The Labute approximate surface area is 295 Å². The van der Waals surface area contributed by atoms with Crippen LogP contribution in [0.4, 0.5) is 11.4 Å². The summed E-state index contributed by atoms with van der Waals surface area (Å²) >= 11 is 0. The van der Waals surface area contributed by atoms with Gasteiger partial charge in [0, 0.05) is 22.9 Å². The van der Waals surface area contributed by atoms with E-state index in [0.29, 0.717) is 0 Å². The van der Waals surface area contributed by atoms with Gasteiger partial charge in [-0.3, -0.25) is 4.99 Å². The topological polar surface area (TPSA) is 24.7 Å². The SMILES string of the molecule is CCCC#CC(=N\c1cc(CCCCC)cc(CCCCC)c1)/C(CCCC)=N/c1cc(CCCCC)cc(CCCCC)c1.[Ni]. The Bertz CT molecular complexity index is 1160. The molecule has 0 radical (unpaired) electrons. The summed E-state index contributed by atoms with van der Waals surface area (Å²) in [7, 11) is 0. The number of unbranched alkanes of at least 4 members (excludes halogenated alkanes) is 10. The second-order valence-corrected chi connectivity index (χ2v) is 13.0. The van der Waals surface area contributed by atoms with E-state index in [0.717, 1.165) is 80.6 Å². The van der Waals surface area contributed by atoms with E-state index in [9.17, 15) is 0 Å². The summed E-state index contributed by atoms with van der Waals surface area (Å²) in [5.74, 6) is 6.97. The van der Waals surface area contributed by atoms with Crippen LogP contribution in [0.3, 0.4) is 0 Å². The first kappa shape index (κ1) is 41.9. The van der Waals surface area contributed by atoms with Gasteiger partial charge >= 0.3 is 0 Å².